The van der Waals surface area contributed by atoms with Crippen LogP contribution >= 0.6 is 0 Å². The van der Waals surface area contributed by atoms with E-state index in [9.17, 15) is 5.11 Å². The van der Waals surface area contributed by atoms with Gasteiger partial charge in [0.1, 0.15) is 6.10 Å². The minimum Gasteiger partial charge on any atom is -0.380 e. The third-order valence-corrected chi connectivity index (χ3v) is 4.04. The van der Waals surface area contributed by atoms with Crippen LogP contribution in [0.25, 0.3) is 0 Å². The van der Waals surface area contributed by atoms with E-state index in [1.165, 1.54) is 32.4 Å². The van der Waals surface area contributed by atoms with Crippen LogP contribution in [-0.2, 0) is 4.74 Å². The Bertz CT molecular complexity index is 254. The minimum atomic E-state index is -0.583. The topological polar surface area (TPSA) is 32.7 Å². The van der Waals surface area contributed by atoms with E-state index in [4.69, 9.17) is 11.2 Å². The molecule has 1 rings (SSSR count). The van der Waals surface area contributed by atoms with Gasteiger partial charge >= 0.3 is 0 Å². The number of aliphatic hydroxyl groups excluding tert-OH is 1. The van der Waals surface area contributed by atoms with Crippen molar-refractivity contribution in [3.63, 3.8) is 0 Å². The second-order valence-corrected chi connectivity index (χ2v) is 5.48. The molecule has 1 fully saturated rings. The summed E-state index contributed by atoms with van der Waals surface area (Å²) in [6.07, 6.45) is 11.1. The molecule has 1 saturated heterocycles. The van der Waals surface area contributed by atoms with Crippen LogP contribution in [0.4, 0.5) is 0 Å². The molecule has 1 N–H and O–H groups in total. The average Bonchev–Trinajstić information content (AvgIpc) is 2.46. The molecule has 1 unspecified atom stereocenters. The SMILES string of the molecule is C#CC(O)CCCCOCCN1CCC(CC)CC1. The largest absolute Gasteiger partial charge is 0.380 e. The fourth-order valence-corrected chi connectivity index (χ4v) is 2.54. The van der Waals surface area contributed by atoms with Crippen LogP contribution < -0.4 is 0 Å². The van der Waals surface area contributed by atoms with Gasteiger partial charge in [0.15, 0.2) is 0 Å². The number of likely N-dealkylation sites (tertiary alicyclic amines) is 1. The van der Waals surface area contributed by atoms with Gasteiger partial charge in [-0.05, 0) is 51.1 Å². The van der Waals surface area contributed by atoms with Crippen molar-refractivity contribution >= 4 is 0 Å². The molecule has 1 aliphatic heterocycles. The van der Waals surface area contributed by atoms with E-state index in [2.05, 4.69) is 17.7 Å². The summed E-state index contributed by atoms with van der Waals surface area (Å²) < 4.78 is 5.63. The molecule has 0 aliphatic carbocycles. The van der Waals surface area contributed by atoms with Crippen molar-refractivity contribution in [3.8, 4) is 12.3 Å². The molecule has 0 radical (unpaired) electrons. The highest BCUT2D eigenvalue weighted by atomic mass is 16.5. The molecule has 1 aliphatic rings. The maximum absolute atomic E-state index is 9.19. The van der Waals surface area contributed by atoms with Crippen LogP contribution in [0.15, 0.2) is 0 Å². The zero-order chi connectivity index (χ0) is 13.9. The van der Waals surface area contributed by atoms with E-state index in [0.717, 1.165) is 38.5 Å². The van der Waals surface area contributed by atoms with Crippen molar-refractivity contribution in [1.29, 1.82) is 0 Å². The summed E-state index contributed by atoms with van der Waals surface area (Å²) in [6, 6.07) is 0. The molecular formula is C16H29NO2. The lowest BCUT2D eigenvalue weighted by atomic mass is 9.94. The van der Waals surface area contributed by atoms with Gasteiger partial charge < -0.3 is 14.7 Å². The summed E-state index contributed by atoms with van der Waals surface area (Å²) in [4.78, 5) is 2.51. The molecule has 3 heteroatoms. The second kappa shape index (κ2) is 10.3. The summed E-state index contributed by atoms with van der Waals surface area (Å²) in [6.45, 7) is 7.42. The van der Waals surface area contributed by atoms with Crippen LogP contribution in [0.3, 0.4) is 0 Å². The molecule has 19 heavy (non-hydrogen) atoms. The lowest BCUT2D eigenvalue weighted by molar-refractivity contribution is 0.0845. The molecule has 1 heterocycles. The number of aliphatic hydroxyl groups is 1. The number of nitrogens with zero attached hydrogens (tertiary/aromatic N) is 1. The van der Waals surface area contributed by atoms with Gasteiger partial charge in [-0.3, -0.25) is 0 Å². The molecule has 0 aromatic carbocycles. The zero-order valence-corrected chi connectivity index (χ0v) is 12.3. The molecule has 0 aromatic rings. The third-order valence-electron chi connectivity index (χ3n) is 4.04. The predicted octanol–water partition coefficient (Wildman–Crippen LogP) is 2.29. The van der Waals surface area contributed by atoms with Gasteiger partial charge in [-0.1, -0.05) is 19.3 Å². The number of ether oxygens (including phenoxy) is 1. The van der Waals surface area contributed by atoms with E-state index in [-0.39, 0.29) is 0 Å². The summed E-state index contributed by atoms with van der Waals surface area (Å²) >= 11 is 0. The van der Waals surface area contributed by atoms with Crippen LogP contribution in [-0.4, -0.2) is 49.0 Å². The monoisotopic (exact) mass is 267 g/mol. The van der Waals surface area contributed by atoms with Gasteiger partial charge in [0.2, 0.25) is 0 Å². The molecule has 0 bridgehead atoms. The van der Waals surface area contributed by atoms with E-state index < -0.39 is 6.10 Å². The Morgan fingerprint density at radius 2 is 2.05 bits per heavy atom. The summed E-state index contributed by atoms with van der Waals surface area (Å²) in [5.41, 5.74) is 0. The molecule has 1 atom stereocenters. The molecule has 0 spiro atoms. The standard InChI is InChI=1S/C16H29NO2/c1-3-15-8-10-17(11-9-15)12-14-19-13-6-5-7-16(18)4-2/h2,15-16,18H,3,5-14H2,1H3. The van der Waals surface area contributed by atoms with Crippen molar-refractivity contribution < 1.29 is 9.84 Å². The Balaban J connectivity index is 1.88. The highest BCUT2D eigenvalue weighted by Gasteiger charge is 2.16. The number of terminal acetylenes is 1. The first-order chi connectivity index (χ1) is 9.26. The molecule has 0 aromatic heterocycles. The average molecular weight is 267 g/mol. The van der Waals surface area contributed by atoms with Crippen molar-refractivity contribution in [2.24, 2.45) is 5.92 Å². The normalized spacial score (nSPS) is 19.2. The van der Waals surface area contributed by atoms with E-state index >= 15 is 0 Å². The Morgan fingerprint density at radius 1 is 1.32 bits per heavy atom. The van der Waals surface area contributed by atoms with Crippen LogP contribution in [0.5, 0.6) is 0 Å². The van der Waals surface area contributed by atoms with Crippen LogP contribution in [0.1, 0.15) is 45.4 Å². The number of hydrogen-bond acceptors (Lipinski definition) is 3. The first-order valence-electron chi connectivity index (χ1n) is 7.70. The fourth-order valence-electron chi connectivity index (χ4n) is 2.54. The van der Waals surface area contributed by atoms with Crippen LogP contribution in [0.2, 0.25) is 0 Å². The van der Waals surface area contributed by atoms with E-state index in [1.807, 2.05) is 0 Å². The van der Waals surface area contributed by atoms with Crippen LogP contribution in [0, 0.1) is 18.3 Å². The maximum atomic E-state index is 9.19. The Kier molecular flexibility index (Phi) is 8.90. The van der Waals surface area contributed by atoms with Gasteiger partial charge in [-0.25, -0.2) is 0 Å². The lowest BCUT2D eigenvalue weighted by Gasteiger charge is -2.31. The smallest absolute Gasteiger partial charge is 0.114 e. The summed E-state index contributed by atoms with van der Waals surface area (Å²) in [7, 11) is 0. The molecule has 0 amide bonds. The lowest BCUT2D eigenvalue weighted by Crippen LogP contribution is -2.35. The van der Waals surface area contributed by atoms with Gasteiger partial charge in [-0.15, -0.1) is 6.42 Å². The summed E-state index contributed by atoms with van der Waals surface area (Å²) in [5.74, 6) is 3.27. The minimum absolute atomic E-state index is 0.583. The fraction of sp³-hybridized carbons (Fsp3) is 0.875. The van der Waals surface area contributed by atoms with Crippen molar-refractivity contribution in [1.82, 2.24) is 4.90 Å². The molecular weight excluding hydrogens is 238 g/mol. The van der Waals surface area contributed by atoms with E-state index in [1.54, 1.807) is 0 Å². The quantitative estimate of drug-likeness (QED) is 0.514. The zero-order valence-electron chi connectivity index (χ0n) is 12.3. The predicted molar refractivity (Wildman–Crippen MR) is 79.0 cm³/mol. The van der Waals surface area contributed by atoms with Crippen molar-refractivity contribution in [3.05, 3.63) is 0 Å². The highest BCUT2D eigenvalue weighted by molar-refractivity contribution is 4.92. The first-order valence-corrected chi connectivity index (χ1v) is 7.70. The highest BCUT2D eigenvalue weighted by Crippen LogP contribution is 2.19. The van der Waals surface area contributed by atoms with Crippen molar-refractivity contribution in [2.75, 3.05) is 32.8 Å². The Hall–Kier alpha value is -0.560. The van der Waals surface area contributed by atoms with Gasteiger partial charge in [-0.2, -0.15) is 0 Å². The molecule has 3 nitrogen and oxygen atoms in total. The van der Waals surface area contributed by atoms with E-state index in [0.29, 0.717) is 6.42 Å². The number of rotatable bonds is 9. The van der Waals surface area contributed by atoms with Crippen molar-refractivity contribution in [2.45, 2.75) is 51.6 Å². The maximum Gasteiger partial charge on any atom is 0.114 e. The molecule has 0 saturated carbocycles. The summed E-state index contributed by atoms with van der Waals surface area (Å²) in [5, 5.41) is 9.19. The Labute approximate surface area is 118 Å². The molecule has 110 valence electrons. The number of hydrogen-bond donors (Lipinski definition) is 1. The van der Waals surface area contributed by atoms with Gasteiger partial charge in [0.25, 0.3) is 0 Å². The van der Waals surface area contributed by atoms with Gasteiger partial charge in [0.05, 0.1) is 6.61 Å². The second-order valence-electron chi connectivity index (χ2n) is 5.48. The number of unbranched alkanes of at least 4 members (excludes halogenated alkanes) is 1. The first kappa shape index (κ1) is 16.5. The Morgan fingerprint density at radius 3 is 2.68 bits per heavy atom. The van der Waals surface area contributed by atoms with Gasteiger partial charge in [0, 0.05) is 13.2 Å². The third kappa shape index (κ3) is 7.57. The number of piperidine rings is 1.